The van der Waals surface area contributed by atoms with Crippen LogP contribution in [0.25, 0.3) is 0 Å². The van der Waals surface area contributed by atoms with Gasteiger partial charge in [0.2, 0.25) is 5.82 Å². The molecule has 0 bridgehead atoms. The van der Waals surface area contributed by atoms with Crippen LogP contribution in [0.4, 0.5) is 15.8 Å². The summed E-state index contributed by atoms with van der Waals surface area (Å²) in [5, 5.41) is 14.5. The van der Waals surface area contributed by atoms with E-state index in [1.807, 2.05) is 11.8 Å². The van der Waals surface area contributed by atoms with Gasteiger partial charge < -0.3 is 10.2 Å². The van der Waals surface area contributed by atoms with Gasteiger partial charge in [0, 0.05) is 19.1 Å². The van der Waals surface area contributed by atoms with Crippen LogP contribution in [0.1, 0.15) is 26.2 Å². The normalized spacial score (nSPS) is 18.8. The van der Waals surface area contributed by atoms with Crippen LogP contribution in [-0.2, 0) is 0 Å². The summed E-state index contributed by atoms with van der Waals surface area (Å²) in [4.78, 5) is 12.3. The van der Waals surface area contributed by atoms with Gasteiger partial charge in [0.1, 0.15) is 5.69 Å². The predicted molar refractivity (Wildman–Crippen MR) is 76.6 cm³/mol. The first-order valence-electron chi connectivity index (χ1n) is 7.04. The van der Waals surface area contributed by atoms with Gasteiger partial charge in [-0.1, -0.05) is 12.5 Å². The molecule has 1 saturated heterocycles. The van der Waals surface area contributed by atoms with Crippen molar-refractivity contribution < 1.29 is 9.31 Å². The molecular formula is C14H20FN3O2. The lowest BCUT2D eigenvalue weighted by molar-refractivity contribution is -0.386. The van der Waals surface area contributed by atoms with Crippen LogP contribution in [0.2, 0.25) is 0 Å². The summed E-state index contributed by atoms with van der Waals surface area (Å²) in [5.74, 6) is -0.775. The van der Waals surface area contributed by atoms with Gasteiger partial charge in [0.05, 0.1) is 4.92 Å². The largest absolute Gasteiger partial charge is 0.365 e. The first-order chi connectivity index (χ1) is 9.63. The van der Waals surface area contributed by atoms with E-state index in [4.69, 9.17) is 0 Å². The van der Waals surface area contributed by atoms with Gasteiger partial charge >= 0.3 is 5.69 Å². The number of hydrogen-bond acceptors (Lipinski definition) is 4. The highest BCUT2D eigenvalue weighted by Gasteiger charge is 2.25. The van der Waals surface area contributed by atoms with E-state index in [1.165, 1.54) is 18.9 Å². The molecule has 1 aromatic rings. The van der Waals surface area contributed by atoms with Gasteiger partial charge in [0.25, 0.3) is 0 Å². The Bertz CT molecular complexity index is 475. The van der Waals surface area contributed by atoms with Gasteiger partial charge in [-0.25, -0.2) is 0 Å². The number of nitro groups is 1. The van der Waals surface area contributed by atoms with Crippen molar-refractivity contribution in [2.45, 2.75) is 32.2 Å². The van der Waals surface area contributed by atoms with E-state index >= 15 is 0 Å². The van der Waals surface area contributed by atoms with E-state index in [-0.39, 0.29) is 0 Å². The average molecular weight is 281 g/mol. The van der Waals surface area contributed by atoms with E-state index in [0.29, 0.717) is 24.8 Å². The standard InChI is InChI=1S/C14H20FN3O2/c1-2-17(10-11-6-3-4-9-16-11)13-8-5-7-12(15)14(13)18(19)20/h5,7-8,11,16H,2-4,6,9-10H2,1H3. The van der Waals surface area contributed by atoms with Gasteiger partial charge in [-0.3, -0.25) is 10.1 Å². The van der Waals surface area contributed by atoms with Crippen LogP contribution >= 0.6 is 0 Å². The summed E-state index contributed by atoms with van der Waals surface area (Å²) in [7, 11) is 0. The third-order valence-electron chi connectivity index (χ3n) is 3.72. The Morgan fingerprint density at radius 3 is 2.90 bits per heavy atom. The molecule has 1 unspecified atom stereocenters. The minimum Gasteiger partial charge on any atom is -0.365 e. The number of para-hydroxylation sites is 1. The molecule has 1 heterocycles. The molecule has 0 spiro atoms. The highest BCUT2D eigenvalue weighted by Crippen LogP contribution is 2.31. The number of nitrogens with zero attached hydrogens (tertiary/aromatic N) is 2. The van der Waals surface area contributed by atoms with Crippen molar-refractivity contribution in [1.29, 1.82) is 0 Å². The van der Waals surface area contributed by atoms with E-state index in [9.17, 15) is 14.5 Å². The summed E-state index contributed by atoms with van der Waals surface area (Å²) in [6, 6.07) is 4.59. The van der Waals surface area contributed by atoms with Crippen molar-refractivity contribution in [3.05, 3.63) is 34.1 Å². The molecule has 0 aliphatic carbocycles. The lowest BCUT2D eigenvalue weighted by Gasteiger charge is -2.31. The van der Waals surface area contributed by atoms with Crippen LogP contribution in [0.15, 0.2) is 18.2 Å². The van der Waals surface area contributed by atoms with Crippen molar-refractivity contribution in [2.24, 2.45) is 0 Å². The van der Waals surface area contributed by atoms with Crippen molar-refractivity contribution >= 4 is 11.4 Å². The van der Waals surface area contributed by atoms with Gasteiger partial charge in [0.15, 0.2) is 0 Å². The summed E-state index contributed by atoms with van der Waals surface area (Å²) >= 11 is 0. The molecular weight excluding hydrogens is 261 g/mol. The lowest BCUT2D eigenvalue weighted by Crippen LogP contribution is -2.44. The van der Waals surface area contributed by atoms with Crippen LogP contribution in [-0.4, -0.2) is 30.6 Å². The van der Waals surface area contributed by atoms with Gasteiger partial charge in [-0.15, -0.1) is 0 Å². The SMILES string of the molecule is CCN(CC1CCCCN1)c1cccc(F)c1[N+](=O)[O-]. The van der Waals surface area contributed by atoms with Crippen LogP contribution in [0.5, 0.6) is 0 Å². The summed E-state index contributed by atoms with van der Waals surface area (Å²) < 4.78 is 13.7. The monoisotopic (exact) mass is 281 g/mol. The second kappa shape index (κ2) is 6.65. The van der Waals surface area contributed by atoms with Crippen LogP contribution in [0.3, 0.4) is 0 Å². The molecule has 1 N–H and O–H groups in total. The summed E-state index contributed by atoms with van der Waals surface area (Å²) in [6.45, 7) is 4.19. The number of halogens is 1. The molecule has 2 rings (SSSR count). The topological polar surface area (TPSA) is 58.4 Å². The molecule has 0 saturated carbocycles. The number of likely N-dealkylation sites (N-methyl/N-ethyl adjacent to an activating group) is 1. The van der Waals surface area contributed by atoms with Gasteiger partial charge in [-0.05, 0) is 38.4 Å². The molecule has 0 aromatic heterocycles. The molecule has 0 amide bonds. The zero-order valence-corrected chi connectivity index (χ0v) is 11.6. The summed E-state index contributed by atoms with van der Waals surface area (Å²) in [6.07, 6.45) is 3.39. The number of anilines is 1. The van der Waals surface area contributed by atoms with E-state index < -0.39 is 16.4 Å². The van der Waals surface area contributed by atoms with Crippen molar-refractivity contribution in [3.63, 3.8) is 0 Å². The number of nitro benzene ring substituents is 1. The minimum atomic E-state index is -0.775. The van der Waals surface area contributed by atoms with Crippen molar-refractivity contribution in [3.8, 4) is 0 Å². The smallest absolute Gasteiger partial charge is 0.327 e. The van der Waals surface area contributed by atoms with E-state index in [2.05, 4.69) is 5.32 Å². The highest BCUT2D eigenvalue weighted by molar-refractivity contribution is 5.63. The fourth-order valence-electron chi connectivity index (χ4n) is 2.68. The Morgan fingerprint density at radius 2 is 2.30 bits per heavy atom. The van der Waals surface area contributed by atoms with Crippen LogP contribution in [0, 0.1) is 15.9 Å². The second-order valence-corrected chi connectivity index (χ2v) is 5.05. The van der Waals surface area contributed by atoms with Crippen molar-refractivity contribution in [2.75, 3.05) is 24.5 Å². The second-order valence-electron chi connectivity index (χ2n) is 5.05. The van der Waals surface area contributed by atoms with Crippen molar-refractivity contribution in [1.82, 2.24) is 5.32 Å². The third-order valence-corrected chi connectivity index (χ3v) is 3.72. The number of nitrogens with one attached hydrogen (secondary N) is 1. The maximum absolute atomic E-state index is 13.7. The zero-order valence-electron chi connectivity index (χ0n) is 11.6. The first-order valence-corrected chi connectivity index (χ1v) is 7.04. The maximum Gasteiger partial charge on any atom is 0.327 e. The number of hydrogen-bond donors (Lipinski definition) is 1. The number of piperidine rings is 1. The molecule has 110 valence electrons. The minimum absolute atomic E-state index is 0.312. The molecule has 6 heteroatoms. The van der Waals surface area contributed by atoms with E-state index in [1.54, 1.807) is 6.07 Å². The zero-order chi connectivity index (χ0) is 14.5. The number of rotatable bonds is 5. The quantitative estimate of drug-likeness (QED) is 0.666. The first kappa shape index (κ1) is 14.7. The molecule has 0 radical (unpaired) electrons. The van der Waals surface area contributed by atoms with E-state index in [0.717, 1.165) is 19.0 Å². The highest BCUT2D eigenvalue weighted by atomic mass is 19.1. The molecule has 1 aliphatic rings. The van der Waals surface area contributed by atoms with Crippen LogP contribution < -0.4 is 10.2 Å². The molecule has 20 heavy (non-hydrogen) atoms. The Kier molecular flexibility index (Phi) is 4.89. The maximum atomic E-state index is 13.7. The lowest BCUT2D eigenvalue weighted by atomic mass is 10.0. The molecule has 1 aromatic carbocycles. The summed E-state index contributed by atoms with van der Waals surface area (Å²) in [5.41, 5.74) is -0.0602. The molecule has 1 aliphatic heterocycles. The third kappa shape index (κ3) is 3.25. The number of benzene rings is 1. The molecule has 5 nitrogen and oxygen atoms in total. The Balaban J connectivity index is 2.22. The fraction of sp³-hybridized carbons (Fsp3) is 0.571. The average Bonchev–Trinajstić information content (AvgIpc) is 2.45. The predicted octanol–water partition coefficient (Wildman–Crippen LogP) is 2.70. The fourth-order valence-corrected chi connectivity index (χ4v) is 2.68. The molecule has 1 atom stereocenters. The molecule has 1 fully saturated rings. The Labute approximate surface area is 117 Å². The van der Waals surface area contributed by atoms with Gasteiger partial charge in [-0.2, -0.15) is 4.39 Å². The Morgan fingerprint density at radius 1 is 1.50 bits per heavy atom. The Hall–Kier alpha value is -1.69.